The topological polar surface area (TPSA) is 39.2 Å². The molecule has 2 nitrogen and oxygen atoms in total. The number of benzene rings is 1. The zero-order valence-electron chi connectivity index (χ0n) is 6.68. The van der Waals surface area contributed by atoms with Gasteiger partial charge < -0.3 is 10.2 Å². The number of fused-ring (bicyclic) bond motifs is 1. The van der Waals surface area contributed by atoms with Gasteiger partial charge in [0.25, 0.3) is 0 Å². The first kappa shape index (κ1) is 8.19. The van der Waals surface area contributed by atoms with E-state index >= 15 is 0 Å². The Labute approximate surface area is 72.9 Å². The van der Waals surface area contributed by atoms with E-state index in [1.165, 1.54) is 12.3 Å². The molecule has 0 spiro atoms. The first-order chi connectivity index (χ1) is 6.22. The maximum absolute atomic E-state index is 13.0. The van der Waals surface area contributed by atoms with Crippen molar-refractivity contribution in [1.82, 2.24) is 0 Å². The maximum Gasteiger partial charge on any atom is 0.170 e. The van der Waals surface area contributed by atoms with Gasteiger partial charge in [0.2, 0.25) is 0 Å². The summed E-state index contributed by atoms with van der Waals surface area (Å²) >= 11 is 0. The molecule has 1 aromatic carbocycles. The molecule has 0 aliphatic rings. The van der Waals surface area contributed by atoms with Crippen LogP contribution in [-0.4, -0.2) is 0 Å². The van der Waals surface area contributed by atoms with Crippen molar-refractivity contribution in [3.8, 4) is 0 Å². The summed E-state index contributed by atoms with van der Waals surface area (Å²) in [5, 5.41) is 0.403. The highest BCUT2D eigenvalue weighted by atomic mass is 19.1. The number of furan rings is 1. The molecule has 13 heavy (non-hydrogen) atoms. The van der Waals surface area contributed by atoms with Gasteiger partial charge in [-0.3, -0.25) is 0 Å². The van der Waals surface area contributed by atoms with Gasteiger partial charge in [-0.05, 0) is 6.07 Å². The molecule has 0 unspecified atom stereocenters. The van der Waals surface area contributed by atoms with E-state index in [0.29, 0.717) is 10.9 Å². The molecule has 0 aliphatic carbocycles. The monoisotopic (exact) mass is 183 g/mol. The summed E-state index contributed by atoms with van der Waals surface area (Å²) in [6.07, 6.45) is 1.34. The molecule has 1 aromatic heterocycles. The molecule has 2 aromatic rings. The molecule has 0 aliphatic heterocycles. The van der Waals surface area contributed by atoms with Crippen LogP contribution in [0, 0.1) is 11.6 Å². The van der Waals surface area contributed by atoms with Crippen molar-refractivity contribution in [2.75, 3.05) is 0 Å². The van der Waals surface area contributed by atoms with Crippen LogP contribution in [0.1, 0.15) is 5.56 Å². The second-order valence-electron chi connectivity index (χ2n) is 2.73. The summed E-state index contributed by atoms with van der Waals surface area (Å²) < 4.78 is 30.7. The van der Waals surface area contributed by atoms with Gasteiger partial charge in [-0.25, -0.2) is 8.78 Å². The fraction of sp³-hybridized carbons (Fsp3) is 0.111. The number of hydrogen-bond donors (Lipinski definition) is 1. The highest BCUT2D eigenvalue weighted by Crippen LogP contribution is 2.24. The third-order valence-electron chi connectivity index (χ3n) is 1.89. The maximum atomic E-state index is 13.0. The molecule has 0 bridgehead atoms. The summed E-state index contributed by atoms with van der Waals surface area (Å²) in [4.78, 5) is 0. The highest BCUT2D eigenvalue weighted by Gasteiger charge is 2.10. The molecule has 1 heterocycles. The van der Waals surface area contributed by atoms with Crippen molar-refractivity contribution in [1.29, 1.82) is 0 Å². The van der Waals surface area contributed by atoms with Crippen molar-refractivity contribution in [3.05, 3.63) is 35.6 Å². The predicted molar refractivity (Wildman–Crippen MR) is 44.0 cm³/mol. The van der Waals surface area contributed by atoms with Crippen LogP contribution in [0.2, 0.25) is 0 Å². The molecule has 0 radical (unpaired) electrons. The third-order valence-corrected chi connectivity index (χ3v) is 1.89. The molecular weight excluding hydrogens is 176 g/mol. The summed E-state index contributed by atoms with van der Waals surface area (Å²) in [7, 11) is 0. The normalized spacial score (nSPS) is 11.0. The number of nitrogens with two attached hydrogens (primary N) is 1. The van der Waals surface area contributed by atoms with Gasteiger partial charge >= 0.3 is 0 Å². The van der Waals surface area contributed by atoms with Crippen LogP contribution >= 0.6 is 0 Å². The van der Waals surface area contributed by atoms with E-state index in [1.54, 1.807) is 0 Å². The van der Waals surface area contributed by atoms with Crippen LogP contribution in [0.15, 0.2) is 22.8 Å². The predicted octanol–water partition coefficient (Wildman–Crippen LogP) is 2.17. The van der Waals surface area contributed by atoms with Crippen molar-refractivity contribution >= 4 is 11.0 Å². The third kappa shape index (κ3) is 1.19. The van der Waals surface area contributed by atoms with Crippen molar-refractivity contribution in [3.63, 3.8) is 0 Å². The summed E-state index contributed by atoms with van der Waals surface area (Å²) in [6.45, 7) is 0.204. The van der Waals surface area contributed by atoms with E-state index in [4.69, 9.17) is 10.2 Å². The first-order valence-corrected chi connectivity index (χ1v) is 3.77. The largest absolute Gasteiger partial charge is 0.461 e. The van der Waals surface area contributed by atoms with E-state index in [1.807, 2.05) is 0 Å². The minimum absolute atomic E-state index is 0.0573. The number of hydrogen-bond acceptors (Lipinski definition) is 2. The lowest BCUT2D eigenvalue weighted by Gasteiger charge is -1.93. The number of rotatable bonds is 1. The lowest BCUT2D eigenvalue weighted by molar-refractivity contribution is 0.546. The Hall–Kier alpha value is -1.42. The molecule has 0 saturated carbocycles. The van der Waals surface area contributed by atoms with Crippen molar-refractivity contribution in [2.24, 2.45) is 5.73 Å². The van der Waals surface area contributed by atoms with Crippen LogP contribution < -0.4 is 5.73 Å². The Balaban J connectivity index is 2.82. The van der Waals surface area contributed by atoms with Gasteiger partial charge in [0.15, 0.2) is 11.4 Å². The average molecular weight is 183 g/mol. The van der Waals surface area contributed by atoms with E-state index in [0.717, 1.165) is 6.07 Å². The zero-order valence-corrected chi connectivity index (χ0v) is 6.68. The Morgan fingerprint density at radius 1 is 1.31 bits per heavy atom. The van der Waals surface area contributed by atoms with Crippen LogP contribution in [-0.2, 0) is 6.54 Å². The molecule has 0 amide bonds. The Bertz CT molecular complexity index is 450. The average Bonchev–Trinajstić information content (AvgIpc) is 2.47. The molecule has 0 fully saturated rings. The van der Waals surface area contributed by atoms with Crippen molar-refractivity contribution < 1.29 is 13.2 Å². The Morgan fingerprint density at radius 3 is 2.77 bits per heavy atom. The second kappa shape index (κ2) is 2.81. The lowest BCUT2D eigenvalue weighted by atomic mass is 10.1. The summed E-state index contributed by atoms with van der Waals surface area (Å²) in [6, 6.07) is 2.00. The van der Waals surface area contributed by atoms with Gasteiger partial charge in [-0.2, -0.15) is 0 Å². The SMILES string of the molecule is NCc1coc2c(F)cc(F)cc12. The fourth-order valence-corrected chi connectivity index (χ4v) is 1.27. The van der Waals surface area contributed by atoms with Gasteiger partial charge in [-0.1, -0.05) is 0 Å². The summed E-state index contributed by atoms with van der Waals surface area (Å²) in [5.41, 5.74) is 6.02. The highest BCUT2D eigenvalue weighted by molar-refractivity contribution is 5.81. The van der Waals surface area contributed by atoms with Crippen LogP contribution in [0.5, 0.6) is 0 Å². The van der Waals surface area contributed by atoms with Crippen molar-refractivity contribution in [2.45, 2.75) is 6.54 Å². The fourth-order valence-electron chi connectivity index (χ4n) is 1.27. The smallest absolute Gasteiger partial charge is 0.170 e. The van der Waals surface area contributed by atoms with Crippen LogP contribution in [0.3, 0.4) is 0 Å². The van der Waals surface area contributed by atoms with Gasteiger partial charge in [0.05, 0.1) is 6.26 Å². The minimum atomic E-state index is -0.699. The zero-order chi connectivity index (χ0) is 9.42. The molecule has 0 atom stereocenters. The Kier molecular flexibility index (Phi) is 1.77. The lowest BCUT2D eigenvalue weighted by Crippen LogP contribution is -1.94. The molecule has 4 heteroatoms. The molecule has 0 saturated heterocycles. The minimum Gasteiger partial charge on any atom is -0.461 e. The molecule has 2 rings (SSSR count). The standard InChI is InChI=1S/C9H7F2NO/c10-6-1-7-5(3-12)4-13-9(7)8(11)2-6/h1-2,4H,3,12H2. The Morgan fingerprint density at radius 2 is 2.08 bits per heavy atom. The van der Waals surface area contributed by atoms with E-state index in [9.17, 15) is 8.78 Å². The summed E-state index contributed by atoms with van der Waals surface area (Å²) in [5.74, 6) is -1.32. The first-order valence-electron chi connectivity index (χ1n) is 3.77. The molecule has 68 valence electrons. The second-order valence-corrected chi connectivity index (χ2v) is 2.73. The number of halogens is 2. The molecular formula is C9H7F2NO. The van der Waals surface area contributed by atoms with E-state index < -0.39 is 11.6 Å². The van der Waals surface area contributed by atoms with Crippen LogP contribution in [0.4, 0.5) is 8.78 Å². The van der Waals surface area contributed by atoms with Gasteiger partial charge in [-0.15, -0.1) is 0 Å². The van der Waals surface area contributed by atoms with Crippen LogP contribution in [0.25, 0.3) is 11.0 Å². The van der Waals surface area contributed by atoms with E-state index in [2.05, 4.69) is 0 Å². The van der Waals surface area contributed by atoms with Gasteiger partial charge in [0.1, 0.15) is 5.82 Å². The molecule has 2 N–H and O–H groups in total. The quantitative estimate of drug-likeness (QED) is 0.735. The van der Waals surface area contributed by atoms with Gasteiger partial charge in [0, 0.05) is 23.6 Å². The van der Waals surface area contributed by atoms with E-state index in [-0.39, 0.29) is 12.1 Å².